The molecule has 90 valence electrons. The van der Waals surface area contributed by atoms with Crippen LogP contribution < -0.4 is 5.73 Å². The molecule has 0 aliphatic rings. The molecule has 0 spiro atoms. The van der Waals surface area contributed by atoms with Gasteiger partial charge in [-0.3, -0.25) is 0 Å². The summed E-state index contributed by atoms with van der Waals surface area (Å²) in [6.07, 6.45) is 1.08. The lowest BCUT2D eigenvalue weighted by molar-refractivity contribution is 0.657. The van der Waals surface area contributed by atoms with Gasteiger partial charge in [0.1, 0.15) is 0 Å². The maximum atomic E-state index is 6.35. The molecule has 0 amide bonds. The third-order valence-corrected chi connectivity index (χ3v) is 5.29. The summed E-state index contributed by atoms with van der Waals surface area (Å²) < 4.78 is 1.35. The summed E-state index contributed by atoms with van der Waals surface area (Å²) in [5.41, 5.74) is 7.58. The van der Waals surface area contributed by atoms with Crippen LogP contribution in [-0.4, -0.2) is 5.25 Å². The average molecular weight is 263 g/mol. The largest absolute Gasteiger partial charge is 0.323 e. The Morgan fingerprint density at radius 3 is 2.53 bits per heavy atom. The molecular weight excluding hydrogens is 246 g/mol. The smallest absolute Gasteiger partial charge is 0.0601 e. The Balaban J connectivity index is 2.08. The number of rotatable bonds is 5. The highest BCUT2D eigenvalue weighted by Crippen LogP contribution is 2.35. The first kappa shape index (κ1) is 12.7. The first-order chi connectivity index (χ1) is 8.31. The molecule has 2 atom stereocenters. The van der Waals surface area contributed by atoms with Crippen LogP contribution in [0.2, 0.25) is 0 Å². The van der Waals surface area contributed by atoms with Crippen LogP contribution in [0.4, 0.5) is 0 Å². The van der Waals surface area contributed by atoms with Crippen molar-refractivity contribution in [3.05, 3.63) is 53.4 Å². The fourth-order valence-electron chi connectivity index (χ4n) is 1.78. The molecule has 0 fully saturated rings. The highest BCUT2D eigenvalue weighted by atomic mass is 32.2. The average Bonchev–Trinajstić information content (AvgIpc) is 2.89. The highest BCUT2D eigenvalue weighted by Gasteiger charge is 2.19. The molecular formula is C14H17NS2. The van der Waals surface area contributed by atoms with Crippen LogP contribution in [0.3, 0.4) is 0 Å². The second kappa shape index (κ2) is 6.24. The summed E-state index contributed by atoms with van der Waals surface area (Å²) in [7, 11) is 0. The van der Waals surface area contributed by atoms with Gasteiger partial charge in [-0.2, -0.15) is 0 Å². The SMILES string of the molecule is CCC(Sc1cccs1)C(N)c1ccccc1. The third-order valence-electron chi connectivity index (χ3n) is 2.75. The van der Waals surface area contributed by atoms with E-state index in [-0.39, 0.29) is 6.04 Å². The lowest BCUT2D eigenvalue weighted by Crippen LogP contribution is -2.22. The van der Waals surface area contributed by atoms with Gasteiger partial charge in [-0.15, -0.1) is 23.1 Å². The molecule has 1 aromatic carbocycles. The predicted octanol–water partition coefficient (Wildman–Crippen LogP) is 4.32. The molecule has 2 N–H and O–H groups in total. The van der Waals surface area contributed by atoms with Crippen LogP contribution in [0.5, 0.6) is 0 Å². The first-order valence-corrected chi connectivity index (χ1v) is 7.58. The van der Waals surface area contributed by atoms with Gasteiger partial charge in [-0.05, 0) is 23.4 Å². The Labute approximate surface area is 111 Å². The number of hydrogen-bond acceptors (Lipinski definition) is 3. The summed E-state index contributed by atoms with van der Waals surface area (Å²) in [5.74, 6) is 0. The molecule has 0 saturated heterocycles. The molecule has 1 heterocycles. The Bertz CT molecular complexity index is 425. The number of hydrogen-bond donors (Lipinski definition) is 1. The quantitative estimate of drug-likeness (QED) is 0.813. The second-order valence-electron chi connectivity index (χ2n) is 3.93. The molecule has 2 unspecified atom stereocenters. The van der Waals surface area contributed by atoms with Gasteiger partial charge in [0.25, 0.3) is 0 Å². The van der Waals surface area contributed by atoms with Gasteiger partial charge in [-0.1, -0.05) is 43.3 Å². The van der Waals surface area contributed by atoms with Crippen LogP contribution in [0.1, 0.15) is 24.9 Å². The van der Waals surface area contributed by atoms with E-state index in [1.807, 2.05) is 17.8 Å². The number of thioether (sulfide) groups is 1. The van der Waals surface area contributed by atoms with Crippen LogP contribution in [-0.2, 0) is 0 Å². The van der Waals surface area contributed by atoms with Gasteiger partial charge in [0, 0.05) is 11.3 Å². The van der Waals surface area contributed by atoms with Crippen LogP contribution >= 0.6 is 23.1 Å². The van der Waals surface area contributed by atoms with E-state index in [0.717, 1.165) is 6.42 Å². The Kier molecular flexibility index (Phi) is 4.66. The summed E-state index contributed by atoms with van der Waals surface area (Å²) in [6.45, 7) is 2.20. The maximum Gasteiger partial charge on any atom is 0.0601 e. The minimum Gasteiger partial charge on any atom is -0.323 e. The van der Waals surface area contributed by atoms with E-state index in [9.17, 15) is 0 Å². The molecule has 1 aromatic heterocycles. The Morgan fingerprint density at radius 2 is 1.94 bits per heavy atom. The lowest BCUT2D eigenvalue weighted by Gasteiger charge is -2.21. The van der Waals surface area contributed by atoms with Crippen molar-refractivity contribution in [2.45, 2.75) is 28.8 Å². The Hall–Kier alpha value is -0.770. The summed E-state index contributed by atoms with van der Waals surface area (Å²) >= 11 is 3.68. The standard InChI is InChI=1S/C14H17NS2/c1-2-12(17-13-9-6-10-16-13)14(15)11-7-4-3-5-8-11/h3-10,12,14H,2,15H2,1H3. The van der Waals surface area contributed by atoms with E-state index in [1.54, 1.807) is 11.3 Å². The topological polar surface area (TPSA) is 26.0 Å². The number of benzene rings is 1. The van der Waals surface area contributed by atoms with E-state index in [0.29, 0.717) is 5.25 Å². The van der Waals surface area contributed by atoms with Gasteiger partial charge in [0.15, 0.2) is 0 Å². The van der Waals surface area contributed by atoms with Crippen molar-refractivity contribution >= 4 is 23.1 Å². The predicted molar refractivity (Wildman–Crippen MR) is 77.6 cm³/mol. The minimum atomic E-state index is 0.105. The van der Waals surface area contributed by atoms with Crippen molar-refractivity contribution in [1.29, 1.82) is 0 Å². The molecule has 1 nitrogen and oxygen atoms in total. The van der Waals surface area contributed by atoms with E-state index < -0.39 is 0 Å². The van der Waals surface area contributed by atoms with Crippen molar-refractivity contribution in [3.8, 4) is 0 Å². The molecule has 2 aromatic rings. The molecule has 0 saturated carbocycles. The molecule has 3 heteroatoms. The Morgan fingerprint density at radius 1 is 1.18 bits per heavy atom. The van der Waals surface area contributed by atoms with Gasteiger partial charge in [0.05, 0.1) is 4.21 Å². The number of nitrogens with two attached hydrogens (primary N) is 1. The van der Waals surface area contributed by atoms with Crippen LogP contribution in [0.15, 0.2) is 52.1 Å². The van der Waals surface area contributed by atoms with Gasteiger partial charge in [0.2, 0.25) is 0 Å². The van der Waals surface area contributed by atoms with Gasteiger partial charge < -0.3 is 5.73 Å². The van der Waals surface area contributed by atoms with Crippen LogP contribution in [0.25, 0.3) is 0 Å². The fourth-order valence-corrected chi connectivity index (χ4v) is 3.91. The van der Waals surface area contributed by atoms with E-state index in [4.69, 9.17) is 5.73 Å². The summed E-state index contributed by atoms with van der Waals surface area (Å²) in [5, 5.41) is 2.55. The van der Waals surface area contributed by atoms with E-state index in [1.165, 1.54) is 9.77 Å². The zero-order valence-corrected chi connectivity index (χ0v) is 11.5. The number of thiophene rings is 1. The normalized spacial score (nSPS) is 14.5. The van der Waals surface area contributed by atoms with Crippen molar-refractivity contribution in [2.24, 2.45) is 5.73 Å². The maximum absolute atomic E-state index is 6.35. The lowest BCUT2D eigenvalue weighted by atomic mass is 10.0. The van der Waals surface area contributed by atoms with Gasteiger partial charge in [-0.25, -0.2) is 0 Å². The van der Waals surface area contributed by atoms with Crippen molar-refractivity contribution < 1.29 is 0 Å². The third kappa shape index (κ3) is 3.35. The molecule has 0 bridgehead atoms. The van der Waals surface area contributed by atoms with Crippen molar-refractivity contribution in [3.63, 3.8) is 0 Å². The monoisotopic (exact) mass is 263 g/mol. The molecule has 0 radical (unpaired) electrons. The van der Waals surface area contributed by atoms with Crippen molar-refractivity contribution in [2.75, 3.05) is 0 Å². The molecule has 17 heavy (non-hydrogen) atoms. The summed E-state index contributed by atoms with van der Waals surface area (Å²) in [6, 6.07) is 14.7. The molecule has 2 rings (SSSR count). The minimum absolute atomic E-state index is 0.105. The van der Waals surface area contributed by atoms with Gasteiger partial charge >= 0.3 is 0 Å². The summed E-state index contributed by atoms with van der Waals surface area (Å²) in [4.78, 5) is 0. The first-order valence-electron chi connectivity index (χ1n) is 5.82. The van der Waals surface area contributed by atoms with E-state index in [2.05, 4.69) is 48.7 Å². The second-order valence-corrected chi connectivity index (χ2v) is 6.42. The van der Waals surface area contributed by atoms with Crippen LogP contribution in [0, 0.1) is 0 Å². The molecule has 0 aliphatic carbocycles. The highest BCUT2D eigenvalue weighted by molar-refractivity contribution is 8.01. The zero-order valence-electron chi connectivity index (χ0n) is 9.87. The fraction of sp³-hybridized carbons (Fsp3) is 0.286. The van der Waals surface area contributed by atoms with Crippen molar-refractivity contribution in [1.82, 2.24) is 0 Å². The van der Waals surface area contributed by atoms with E-state index >= 15 is 0 Å². The zero-order chi connectivity index (χ0) is 12.1. The molecule has 0 aliphatic heterocycles.